The lowest BCUT2D eigenvalue weighted by Gasteiger charge is -2.34. The molecule has 1 N–H and O–H groups in total. The van der Waals surface area contributed by atoms with Gasteiger partial charge in [-0.1, -0.05) is 25.7 Å². The third-order valence-electron chi connectivity index (χ3n) is 5.83. The van der Waals surface area contributed by atoms with Crippen LogP contribution in [0.5, 0.6) is 0 Å². The lowest BCUT2D eigenvalue weighted by molar-refractivity contribution is -0.137. The molecule has 124 valence electrons. The predicted molar refractivity (Wildman–Crippen MR) is 86.2 cm³/mol. The molecule has 0 aromatic rings. The van der Waals surface area contributed by atoms with Crippen LogP contribution >= 0.6 is 0 Å². The van der Waals surface area contributed by atoms with Gasteiger partial charge in [-0.2, -0.15) is 0 Å². The van der Waals surface area contributed by atoms with Gasteiger partial charge in [0, 0.05) is 31.5 Å². The molecular formula is C18H30N2O2. The largest absolute Gasteiger partial charge is 0.356 e. The second kappa shape index (κ2) is 7.47. The fourth-order valence-electron chi connectivity index (χ4n) is 4.44. The average Bonchev–Trinajstić information content (AvgIpc) is 3.25. The molecule has 2 amide bonds. The Morgan fingerprint density at radius 1 is 0.864 bits per heavy atom. The molecule has 3 aliphatic rings. The van der Waals surface area contributed by atoms with Crippen molar-refractivity contribution in [2.45, 2.75) is 64.2 Å². The van der Waals surface area contributed by atoms with Crippen LogP contribution in [0.2, 0.25) is 0 Å². The van der Waals surface area contributed by atoms with Crippen molar-refractivity contribution in [3.05, 3.63) is 0 Å². The van der Waals surface area contributed by atoms with Gasteiger partial charge in [0.1, 0.15) is 0 Å². The number of carbonyl (C=O) groups is 2. The first kappa shape index (κ1) is 15.8. The van der Waals surface area contributed by atoms with Crippen LogP contribution in [0.3, 0.4) is 0 Å². The van der Waals surface area contributed by atoms with Gasteiger partial charge in [-0.05, 0) is 44.4 Å². The standard InChI is InChI=1S/C18H30N2O2/c21-17(15-7-1-2-8-15)19-12-14-6-5-11-20(13-14)18(22)16-9-3-4-10-16/h14-16H,1-13H2,(H,19,21)/t14-/m0/s1. The van der Waals surface area contributed by atoms with Gasteiger partial charge in [0.15, 0.2) is 0 Å². The van der Waals surface area contributed by atoms with Crippen LogP contribution < -0.4 is 5.32 Å². The minimum absolute atomic E-state index is 0.247. The summed E-state index contributed by atoms with van der Waals surface area (Å²) in [6.07, 6.45) is 11.3. The number of carbonyl (C=O) groups excluding carboxylic acids is 2. The van der Waals surface area contributed by atoms with E-state index in [0.29, 0.717) is 11.8 Å². The number of piperidine rings is 1. The van der Waals surface area contributed by atoms with E-state index >= 15 is 0 Å². The molecular weight excluding hydrogens is 276 g/mol. The number of rotatable bonds is 4. The zero-order valence-electron chi connectivity index (χ0n) is 13.7. The Hall–Kier alpha value is -1.06. The van der Waals surface area contributed by atoms with Crippen molar-refractivity contribution in [2.75, 3.05) is 19.6 Å². The van der Waals surface area contributed by atoms with Gasteiger partial charge in [0.2, 0.25) is 11.8 Å². The number of nitrogens with zero attached hydrogens (tertiary/aromatic N) is 1. The van der Waals surface area contributed by atoms with E-state index in [1.807, 2.05) is 0 Å². The molecule has 0 radical (unpaired) electrons. The fraction of sp³-hybridized carbons (Fsp3) is 0.889. The first-order valence-electron chi connectivity index (χ1n) is 9.30. The van der Waals surface area contributed by atoms with Crippen LogP contribution in [-0.4, -0.2) is 36.3 Å². The predicted octanol–water partition coefficient (Wildman–Crippen LogP) is 2.72. The monoisotopic (exact) mass is 306 g/mol. The van der Waals surface area contributed by atoms with Crippen molar-refractivity contribution in [2.24, 2.45) is 17.8 Å². The molecule has 4 heteroatoms. The van der Waals surface area contributed by atoms with Crippen LogP contribution in [0.4, 0.5) is 0 Å². The van der Waals surface area contributed by atoms with Gasteiger partial charge in [-0.15, -0.1) is 0 Å². The number of nitrogens with one attached hydrogen (secondary N) is 1. The summed E-state index contributed by atoms with van der Waals surface area (Å²) >= 11 is 0. The third kappa shape index (κ3) is 3.82. The highest BCUT2D eigenvalue weighted by atomic mass is 16.2. The zero-order valence-corrected chi connectivity index (χ0v) is 13.7. The smallest absolute Gasteiger partial charge is 0.225 e. The van der Waals surface area contributed by atoms with Gasteiger partial charge in [0.25, 0.3) is 0 Å². The van der Waals surface area contributed by atoms with Crippen LogP contribution in [-0.2, 0) is 9.59 Å². The average molecular weight is 306 g/mol. The number of likely N-dealkylation sites (tertiary alicyclic amines) is 1. The topological polar surface area (TPSA) is 49.4 Å². The summed E-state index contributed by atoms with van der Waals surface area (Å²) in [7, 11) is 0. The number of amides is 2. The van der Waals surface area contributed by atoms with E-state index in [2.05, 4.69) is 10.2 Å². The molecule has 0 bridgehead atoms. The first-order chi connectivity index (χ1) is 10.7. The molecule has 3 rings (SSSR count). The SMILES string of the molecule is O=C(NC[C@@H]1CCCN(C(=O)C2CCCC2)C1)C1CCCC1. The molecule has 0 aromatic heterocycles. The molecule has 0 unspecified atom stereocenters. The molecule has 3 fully saturated rings. The van der Waals surface area contributed by atoms with E-state index in [9.17, 15) is 9.59 Å². The zero-order chi connectivity index (χ0) is 15.4. The molecule has 4 nitrogen and oxygen atoms in total. The van der Waals surface area contributed by atoms with Crippen LogP contribution in [0, 0.1) is 17.8 Å². The minimum Gasteiger partial charge on any atom is -0.356 e. The second-order valence-corrected chi connectivity index (χ2v) is 7.50. The Labute approximate surface area is 134 Å². The molecule has 0 spiro atoms. The Kier molecular flexibility index (Phi) is 5.37. The minimum atomic E-state index is 0.247. The maximum Gasteiger partial charge on any atom is 0.225 e. The highest BCUT2D eigenvalue weighted by molar-refractivity contribution is 5.79. The van der Waals surface area contributed by atoms with Gasteiger partial charge < -0.3 is 10.2 Å². The molecule has 22 heavy (non-hydrogen) atoms. The lowest BCUT2D eigenvalue weighted by atomic mass is 9.95. The lowest BCUT2D eigenvalue weighted by Crippen LogP contribution is -2.46. The van der Waals surface area contributed by atoms with E-state index in [1.165, 1.54) is 25.7 Å². The summed E-state index contributed by atoms with van der Waals surface area (Å²) in [6, 6.07) is 0. The van der Waals surface area contributed by atoms with Crippen molar-refractivity contribution >= 4 is 11.8 Å². The van der Waals surface area contributed by atoms with E-state index in [4.69, 9.17) is 0 Å². The Balaban J connectivity index is 1.43. The maximum atomic E-state index is 12.5. The van der Waals surface area contributed by atoms with E-state index < -0.39 is 0 Å². The van der Waals surface area contributed by atoms with Crippen molar-refractivity contribution in [1.29, 1.82) is 0 Å². The highest BCUT2D eigenvalue weighted by Gasteiger charge is 2.31. The summed E-state index contributed by atoms with van der Waals surface area (Å²) in [4.78, 5) is 26.7. The summed E-state index contributed by atoms with van der Waals surface area (Å²) in [5.41, 5.74) is 0. The Morgan fingerprint density at radius 2 is 1.50 bits per heavy atom. The fourth-order valence-corrected chi connectivity index (χ4v) is 4.44. The van der Waals surface area contributed by atoms with Crippen molar-refractivity contribution < 1.29 is 9.59 Å². The van der Waals surface area contributed by atoms with Gasteiger partial charge >= 0.3 is 0 Å². The Bertz CT molecular complexity index is 398. The highest BCUT2D eigenvalue weighted by Crippen LogP contribution is 2.28. The summed E-state index contributed by atoms with van der Waals surface area (Å²) < 4.78 is 0. The first-order valence-corrected chi connectivity index (χ1v) is 9.30. The molecule has 1 heterocycles. The maximum absolute atomic E-state index is 12.5. The normalized spacial score (nSPS) is 27.3. The molecule has 0 aromatic carbocycles. The van der Waals surface area contributed by atoms with Crippen molar-refractivity contribution in [1.82, 2.24) is 10.2 Å². The summed E-state index contributed by atoms with van der Waals surface area (Å²) in [5.74, 6) is 1.61. The van der Waals surface area contributed by atoms with E-state index in [1.54, 1.807) is 0 Å². The van der Waals surface area contributed by atoms with Gasteiger partial charge in [0.05, 0.1) is 0 Å². The number of hydrogen-bond acceptors (Lipinski definition) is 2. The molecule has 1 aliphatic heterocycles. The second-order valence-electron chi connectivity index (χ2n) is 7.50. The molecule has 1 saturated heterocycles. The summed E-state index contributed by atoms with van der Waals surface area (Å²) in [5, 5.41) is 3.15. The third-order valence-corrected chi connectivity index (χ3v) is 5.83. The summed E-state index contributed by atoms with van der Waals surface area (Å²) in [6.45, 7) is 2.52. The number of hydrogen-bond donors (Lipinski definition) is 1. The van der Waals surface area contributed by atoms with Crippen molar-refractivity contribution in [3.8, 4) is 0 Å². The van der Waals surface area contributed by atoms with Gasteiger partial charge in [-0.25, -0.2) is 0 Å². The van der Waals surface area contributed by atoms with E-state index in [-0.39, 0.29) is 17.7 Å². The van der Waals surface area contributed by atoms with Gasteiger partial charge in [-0.3, -0.25) is 9.59 Å². The van der Waals surface area contributed by atoms with Crippen LogP contribution in [0.1, 0.15) is 64.2 Å². The van der Waals surface area contributed by atoms with Crippen molar-refractivity contribution in [3.63, 3.8) is 0 Å². The van der Waals surface area contributed by atoms with E-state index in [0.717, 1.165) is 58.2 Å². The quantitative estimate of drug-likeness (QED) is 0.868. The van der Waals surface area contributed by atoms with Crippen LogP contribution in [0.15, 0.2) is 0 Å². The molecule has 2 saturated carbocycles. The molecule has 1 atom stereocenters. The Morgan fingerprint density at radius 3 is 2.18 bits per heavy atom. The molecule has 2 aliphatic carbocycles. The van der Waals surface area contributed by atoms with Crippen LogP contribution in [0.25, 0.3) is 0 Å².